The highest BCUT2D eigenvalue weighted by molar-refractivity contribution is 5.98. The molecule has 8 aromatic rings. The fourth-order valence-corrected chi connectivity index (χ4v) is 6.04. The van der Waals surface area contributed by atoms with Gasteiger partial charge in [0.25, 0.3) is 0 Å². The molecule has 8 rings (SSSR count). The smallest absolute Gasteiger partial charge is 0.160 e. The fraction of sp³-hybridized carbons (Fsp3) is 0. The molecular formula is C43H29N3. The Balaban J connectivity index is 1.37. The Kier molecular flexibility index (Phi) is 7.18. The van der Waals surface area contributed by atoms with Gasteiger partial charge in [-0.2, -0.15) is 0 Å². The van der Waals surface area contributed by atoms with Gasteiger partial charge in [-0.25, -0.2) is 9.97 Å². The van der Waals surface area contributed by atoms with E-state index in [9.17, 15) is 0 Å². The molecule has 0 aliphatic heterocycles. The van der Waals surface area contributed by atoms with Crippen LogP contribution < -0.4 is 0 Å². The van der Waals surface area contributed by atoms with Crippen molar-refractivity contribution in [2.75, 3.05) is 0 Å². The highest BCUT2D eigenvalue weighted by atomic mass is 14.9. The van der Waals surface area contributed by atoms with Crippen LogP contribution in [-0.2, 0) is 0 Å². The van der Waals surface area contributed by atoms with Crippen LogP contribution in [0.3, 0.4) is 0 Å². The third-order valence-electron chi connectivity index (χ3n) is 8.31. The molecule has 0 fully saturated rings. The van der Waals surface area contributed by atoms with E-state index >= 15 is 0 Å². The Morgan fingerprint density at radius 2 is 0.891 bits per heavy atom. The second-order valence-corrected chi connectivity index (χ2v) is 11.3. The first kappa shape index (κ1) is 27.4. The third kappa shape index (κ3) is 5.47. The predicted molar refractivity (Wildman–Crippen MR) is 190 cm³/mol. The zero-order valence-electron chi connectivity index (χ0n) is 25.1. The Hall–Kier alpha value is -6.19. The zero-order valence-corrected chi connectivity index (χ0v) is 25.1. The molecule has 0 spiro atoms. The fourth-order valence-electron chi connectivity index (χ4n) is 6.04. The summed E-state index contributed by atoms with van der Waals surface area (Å²) in [6.07, 6.45) is 1.84. The van der Waals surface area contributed by atoms with Crippen LogP contribution in [0.15, 0.2) is 176 Å². The average molecular weight is 588 g/mol. The maximum atomic E-state index is 5.18. The van der Waals surface area contributed by atoms with Crippen LogP contribution in [0.25, 0.3) is 78.2 Å². The quantitative estimate of drug-likeness (QED) is 0.194. The number of benzene rings is 6. The molecule has 0 aliphatic rings. The zero-order chi connectivity index (χ0) is 30.7. The first-order valence-corrected chi connectivity index (χ1v) is 15.4. The molecule has 2 heterocycles. The Morgan fingerprint density at radius 3 is 1.63 bits per heavy atom. The van der Waals surface area contributed by atoms with Gasteiger partial charge in [0.1, 0.15) is 0 Å². The largest absolute Gasteiger partial charge is 0.256 e. The average Bonchev–Trinajstić information content (AvgIpc) is 3.15. The molecule has 0 radical (unpaired) electrons. The highest BCUT2D eigenvalue weighted by Gasteiger charge is 2.15. The van der Waals surface area contributed by atoms with E-state index in [0.29, 0.717) is 5.82 Å². The molecule has 0 saturated heterocycles. The van der Waals surface area contributed by atoms with Gasteiger partial charge in [0.05, 0.1) is 17.1 Å². The maximum absolute atomic E-state index is 5.18. The molecule has 3 heteroatoms. The van der Waals surface area contributed by atoms with Crippen molar-refractivity contribution >= 4 is 10.8 Å². The lowest BCUT2D eigenvalue weighted by Gasteiger charge is -2.14. The number of rotatable bonds is 6. The van der Waals surface area contributed by atoms with Gasteiger partial charge in [0.15, 0.2) is 5.82 Å². The third-order valence-corrected chi connectivity index (χ3v) is 8.31. The minimum atomic E-state index is 0.685. The van der Waals surface area contributed by atoms with Crippen molar-refractivity contribution in [3.8, 4) is 67.4 Å². The summed E-state index contributed by atoms with van der Waals surface area (Å²) in [6.45, 7) is 0. The van der Waals surface area contributed by atoms with Crippen LogP contribution in [0.2, 0.25) is 0 Å². The lowest BCUT2D eigenvalue weighted by molar-refractivity contribution is 1.18. The normalized spacial score (nSPS) is 11.0. The number of nitrogens with zero attached hydrogens (tertiary/aromatic N) is 3. The van der Waals surface area contributed by atoms with E-state index in [0.717, 1.165) is 56.0 Å². The number of hydrogen-bond acceptors (Lipinski definition) is 3. The second kappa shape index (κ2) is 12.1. The van der Waals surface area contributed by atoms with Gasteiger partial charge in [-0.1, -0.05) is 127 Å². The van der Waals surface area contributed by atoms with Crippen molar-refractivity contribution in [2.45, 2.75) is 0 Å². The number of aromatic nitrogens is 3. The van der Waals surface area contributed by atoms with Crippen molar-refractivity contribution in [3.63, 3.8) is 0 Å². The Labute approximate surface area is 268 Å². The van der Waals surface area contributed by atoms with Gasteiger partial charge in [-0.05, 0) is 75.5 Å². The topological polar surface area (TPSA) is 38.7 Å². The monoisotopic (exact) mass is 587 g/mol. The first-order chi connectivity index (χ1) is 22.8. The van der Waals surface area contributed by atoms with E-state index in [1.54, 1.807) is 0 Å². The summed E-state index contributed by atoms with van der Waals surface area (Å²) in [7, 11) is 0. The van der Waals surface area contributed by atoms with E-state index in [1.807, 2.05) is 60.8 Å². The molecule has 0 bridgehead atoms. The van der Waals surface area contributed by atoms with Gasteiger partial charge in [-0.3, -0.25) is 4.98 Å². The van der Waals surface area contributed by atoms with Crippen LogP contribution in [-0.4, -0.2) is 15.0 Å². The standard InChI is InChI=1S/C43H29N3/c1-3-14-31(15-4-1)41-29-42(32-16-5-2-6-17-32)46-43(45-41)37-27-35(33-19-11-20-34(25-33)40-23-9-10-24-44-40)26-36(28-37)39-22-12-18-30-13-7-8-21-38(30)39/h1-29H. The Morgan fingerprint density at radius 1 is 0.326 bits per heavy atom. The van der Waals surface area contributed by atoms with E-state index in [-0.39, 0.29) is 0 Å². The van der Waals surface area contributed by atoms with Gasteiger partial charge >= 0.3 is 0 Å². The molecule has 3 nitrogen and oxygen atoms in total. The van der Waals surface area contributed by atoms with Crippen molar-refractivity contribution in [1.82, 2.24) is 15.0 Å². The summed E-state index contributed by atoms with van der Waals surface area (Å²) in [5.41, 5.74) is 11.3. The summed E-state index contributed by atoms with van der Waals surface area (Å²) in [4.78, 5) is 15.0. The number of hydrogen-bond donors (Lipinski definition) is 0. The van der Waals surface area contributed by atoms with Crippen LogP contribution in [0.5, 0.6) is 0 Å². The molecule has 0 aliphatic carbocycles. The van der Waals surface area contributed by atoms with Crippen molar-refractivity contribution in [2.24, 2.45) is 0 Å². The number of pyridine rings is 1. The molecule has 0 amide bonds. The van der Waals surface area contributed by atoms with Gasteiger partial charge in [-0.15, -0.1) is 0 Å². The molecule has 0 saturated carbocycles. The molecule has 6 aromatic carbocycles. The van der Waals surface area contributed by atoms with E-state index in [1.165, 1.54) is 16.3 Å². The van der Waals surface area contributed by atoms with E-state index in [2.05, 4.69) is 120 Å². The minimum absolute atomic E-state index is 0.685. The van der Waals surface area contributed by atoms with Gasteiger partial charge in [0, 0.05) is 28.5 Å². The molecule has 0 atom stereocenters. The molecule has 0 N–H and O–H groups in total. The highest BCUT2D eigenvalue weighted by Crippen LogP contribution is 2.37. The van der Waals surface area contributed by atoms with Gasteiger partial charge in [0.2, 0.25) is 0 Å². The maximum Gasteiger partial charge on any atom is 0.160 e. The first-order valence-electron chi connectivity index (χ1n) is 15.4. The lowest BCUT2D eigenvalue weighted by atomic mass is 9.92. The number of fused-ring (bicyclic) bond motifs is 1. The van der Waals surface area contributed by atoms with Crippen molar-refractivity contribution in [1.29, 1.82) is 0 Å². The summed E-state index contributed by atoms with van der Waals surface area (Å²) in [5, 5.41) is 2.41. The van der Waals surface area contributed by atoms with E-state index in [4.69, 9.17) is 9.97 Å². The molecule has 216 valence electrons. The Bertz CT molecular complexity index is 2230. The van der Waals surface area contributed by atoms with Crippen LogP contribution in [0.1, 0.15) is 0 Å². The molecule has 0 unspecified atom stereocenters. The summed E-state index contributed by atoms with van der Waals surface area (Å²) in [5.74, 6) is 0.685. The SMILES string of the molecule is c1ccc(-c2cc(-c3ccccc3)nc(-c3cc(-c4cccc(-c5ccccn5)c4)cc(-c4cccc5ccccc45)c3)n2)cc1. The summed E-state index contributed by atoms with van der Waals surface area (Å²) < 4.78 is 0. The molecule has 46 heavy (non-hydrogen) atoms. The minimum Gasteiger partial charge on any atom is -0.256 e. The van der Waals surface area contributed by atoms with E-state index < -0.39 is 0 Å². The van der Waals surface area contributed by atoms with Crippen molar-refractivity contribution < 1.29 is 0 Å². The predicted octanol–water partition coefficient (Wildman–Crippen LogP) is 11.0. The molecular weight excluding hydrogens is 558 g/mol. The summed E-state index contributed by atoms with van der Waals surface area (Å²) >= 11 is 0. The van der Waals surface area contributed by atoms with Crippen LogP contribution >= 0.6 is 0 Å². The van der Waals surface area contributed by atoms with Gasteiger partial charge < -0.3 is 0 Å². The second-order valence-electron chi connectivity index (χ2n) is 11.3. The summed E-state index contributed by atoms with van der Waals surface area (Å²) in [6, 6.07) is 59.1. The van der Waals surface area contributed by atoms with Crippen molar-refractivity contribution in [3.05, 3.63) is 176 Å². The molecule has 2 aromatic heterocycles. The van der Waals surface area contributed by atoms with Crippen LogP contribution in [0, 0.1) is 0 Å². The van der Waals surface area contributed by atoms with Crippen LogP contribution in [0.4, 0.5) is 0 Å². The lowest BCUT2D eigenvalue weighted by Crippen LogP contribution is -1.97.